The van der Waals surface area contributed by atoms with Crippen molar-refractivity contribution in [1.82, 2.24) is 0 Å². The van der Waals surface area contributed by atoms with Crippen LogP contribution in [-0.2, 0) is 0 Å². The average Bonchev–Trinajstić information content (AvgIpc) is 2.48. The average molecular weight is 260 g/mol. The molecule has 1 fully saturated rings. The number of rotatable bonds is 5. The van der Waals surface area contributed by atoms with Gasteiger partial charge in [0, 0.05) is 0 Å². The van der Waals surface area contributed by atoms with E-state index >= 15 is 0 Å². The first-order chi connectivity index (χ1) is 9.33. The Balaban J connectivity index is 2.07. The van der Waals surface area contributed by atoms with Gasteiger partial charge in [0.2, 0.25) is 0 Å². The second-order valence-corrected chi connectivity index (χ2v) is 5.21. The SMILES string of the molecule is CCOc1ccc(C=C(CO)C2CCCCC2)cc1. The summed E-state index contributed by atoms with van der Waals surface area (Å²) in [6.07, 6.45) is 8.54. The number of aliphatic hydroxyl groups is 1. The van der Waals surface area contributed by atoms with Gasteiger partial charge >= 0.3 is 0 Å². The van der Waals surface area contributed by atoms with E-state index in [0.29, 0.717) is 12.5 Å². The van der Waals surface area contributed by atoms with Crippen molar-refractivity contribution < 1.29 is 9.84 Å². The molecule has 2 heteroatoms. The molecule has 0 atom stereocenters. The van der Waals surface area contributed by atoms with Crippen molar-refractivity contribution in [3.05, 3.63) is 35.4 Å². The van der Waals surface area contributed by atoms with Gasteiger partial charge in [-0.1, -0.05) is 37.5 Å². The first-order valence-corrected chi connectivity index (χ1v) is 7.37. The Morgan fingerprint density at radius 1 is 1.21 bits per heavy atom. The normalized spacial score (nSPS) is 17.5. The standard InChI is InChI=1S/C17H24O2/c1-2-19-17-10-8-14(9-11-17)12-16(13-18)15-6-4-3-5-7-15/h8-12,15,18H,2-7,13H2,1H3. The number of aliphatic hydroxyl groups excluding tert-OH is 1. The van der Waals surface area contributed by atoms with Crippen LogP contribution in [0.3, 0.4) is 0 Å². The van der Waals surface area contributed by atoms with Gasteiger partial charge in [0.25, 0.3) is 0 Å². The number of benzene rings is 1. The predicted molar refractivity (Wildman–Crippen MR) is 79.2 cm³/mol. The molecule has 1 aliphatic rings. The monoisotopic (exact) mass is 260 g/mol. The van der Waals surface area contributed by atoms with Crippen LogP contribution in [0.15, 0.2) is 29.8 Å². The topological polar surface area (TPSA) is 29.5 Å². The lowest BCUT2D eigenvalue weighted by Crippen LogP contribution is -2.11. The summed E-state index contributed by atoms with van der Waals surface area (Å²) in [4.78, 5) is 0. The van der Waals surface area contributed by atoms with Crippen molar-refractivity contribution in [2.24, 2.45) is 5.92 Å². The molecule has 0 heterocycles. The zero-order valence-electron chi connectivity index (χ0n) is 11.8. The molecule has 1 aliphatic carbocycles. The molecule has 0 saturated heterocycles. The van der Waals surface area contributed by atoms with Gasteiger partial charge in [-0.05, 0) is 49.0 Å². The van der Waals surface area contributed by atoms with Gasteiger partial charge in [-0.3, -0.25) is 0 Å². The summed E-state index contributed by atoms with van der Waals surface area (Å²) in [5.41, 5.74) is 2.34. The lowest BCUT2D eigenvalue weighted by Gasteiger charge is -2.23. The molecule has 1 aromatic rings. The lowest BCUT2D eigenvalue weighted by molar-refractivity contribution is 0.295. The van der Waals surface area contributed by atoms with E-state index in [1.54, 1.807) is 0 Å². The van der Waals surface area contributed by atoms with Crippen molar-refractivity contribution in [1.29, 1.82) is 0 Å². The number of hydrogen-bond donors (Lipinski definition) is 1. The van der Waals surface area contributed by atoms with Crippen LogP contribution in [0.2, 0.25) is 0 Å². The largest absolute Gasteiger partial charge is 0.494 e. The zero-order chi connectivity index (χ0) is 13.5. The van der Waals surface area contributed by atoms with Crippen LogP contribution >= 0.6 is 0 Å². The summed E-state index contributed by atoms with van der Waals surface area (Å²) >= 11 is 0. The summed E-state index contributed by atoms with van der Waals surface area (Å²) in [5.74, 6) is 1.48. The summed E-state index contributed by atoms with van der Waals surface area (Å²) in [6.45, 7) is 2.86. The highest BCUT2D eigenvalue weighted by atomic mass is 16.5. The molecule has 0 aliphatic heterocycles. The molecule has 0 radical (unpaired) electrons. The Hall–Kier alpha value is -1.28. The van der Waals surface area contributed by atoms with Crippen LogP contribution < -0.4 is 4.74 Å². The van der Waals surface area contributed by atoms with Gasteiger partial charge in [-0.2, -0.15) is 0 Å². The minimum absolute atomic E-state index is 0.178. The van der Waals surface area contributed by atoms with E-state index in [2.05, 4.69) is 18.2 Å². The van der Waals surface area contributed by atoms with Gasteiger partial charge in [0.15, 0.2) is 0 Å². The highest BCUT2D eigenvalue weighted by Gasteiger charge is 2.17. The van der Waals surface area contributed by atoms with Crippen molar-refractivity contribution in [2.45, 2.75) is 39.0 Å². The molecular weight excluding hydrogens is 236 g/mol. The molecule has 1 aromatic carbocycles. The quantitative estimate of drug-likeness (QED) is 0.865. The number of hydrogen-bond acceptors (Lipinski definition) is 2. The van der Waals surface area contributed by atoms with Crippen LogP contribution in [0.1, 0.15) is 44.6 Å². The molecule has 0 aromatic heterocycles. The number of ether oxygens (including phenoxy) is 1. The molecule has 19 heavy (non-hydrogen) atoms. The van der Waals surface area contributed by atoms with E-state index < -0.39 is 0 Å². The lowest BCUT2D eigenvalue weighted by atomic mass is 9.83. The smallest absolute Gasteiger partial charge is 0.119 e. The van der Waals surface area contributed by atoms with Crippen LogP contribution in [-0.4, -0.2) is 18.3 Å². The fourth-order valence-corrected chi connectivity index (χ4v) is 2.81. The van der Waals surface area contributed by atoms with Crippen LogP contribution in [0.25, 0.3) is 6.08 Å². The minimum atomic E-state index is 0.178. The first kappa shape index (κ1) is 14.1. The fraction of sp³-hybridized carbons (Fsp3) is 0.529. The Kier molecular flexibility index (Phi) is 5.46. The third-order valence-corrected chi connectivity index (χ3v) is 3.86. The molecule has 0 amide bonds. The summed E-state index contributed by atoms with van der Waals surface area (Å²) in [7, 11) is 0. The highest BCUT2D eigenvalue weighted by Crippen LogP contribution is 2.30. The third-order valence-electron chi connectivity index (χ3n) is 3.86. The molecule has 0 bridgehead atoms. The second-order valence-electron chi connectivity index (χ2n) is 5.21. The van der Waals surface area contributed by atoms with Crippen molar-refractivity contribution in [3.63, 3.8) is 0 Å². The van der Waals surface area contributed by atoms with Crippen LogP contribution in [0.4, 0.5) is 0 Å². The first-order valence-electron chi connectivity index (χ1n) is 7.37. The van der Waals surface area contributed by atoms with Crippen LogP contribution in [0, 0.1) is 5.92 Å². The second kappa shape index (κ2) is 7.34. The van der Waals surface area contributed by atoms with Crippen LogP contribution in [0.5, 0.6) is 5.75 Å². The zero-order valence-corrected chi connectivity index (χ0v) is 11.8. The van der Waals surface area contributed by atoms with E-state index in [1.807, 2.05) is 19.1 Å². The Morgan fingerprint density at radius 2 is 1.89 bits per heavy atom. The van der Waals surface area contributed by atoms with Gasteiger partial charge in [0.05, 0.1) is 13.2 Å². The molecule has 0 unspecified atom stereocenters. The van der Waals surface area contributed by atoms with Crippen molar-refractivity contribution in [3.8, 4) is 5.75 Å². The van der Waals surface area contributed by atoms with E-state index in [-0.39, 0.29) is 6.61 Å². The molecule has 1 saturated carbocycles. The summed E-state index contributed by atoms with van der Waals surface area (Å²) < 4.78 is 5.44. The molecular formula is C17H24O2. The maximum absolute atomic E-state index is 9.59. The summed E-state index contributed by atoms with van der Waals surface area (Å²) in [5, 5.41) is 9.59. The molecule has 1 N–H and O–H groups in total. The third kappa shape index (κ3) is 4.10. The highest BCUT2D eigenvalue weighted by molar-refractivity contribution is 5.54. The maximum Gasteiger partial charge on any atom is 0.119 e. The maximum atomic E-state index is 9.59. The van der Waals surface area contributed by atoms with Gasteiger partial charge in [-0.25, -0.2) is 0 Å². The van der Waals surface area contributed by atoms with E-state index in [9.17, 15) is 5.11 Å². The minimum Gasteiger partial charge on any atom is -0.494 e. The molecule has 2 rings (SSSR count). The van der Waals surface area contributed by atoms with Gasteiger partial charge in [-0.15, -0.1) is 0 Å². The molecule has 2 nitrogen and oxygen atoms in total. The van der Waals surface area contributed by atoms with E-state index in [1.165, 1.54) is 37.7 Å². The van der Waals surface area contributed by atoms with Crippen molar-refractivity contribution in [2.75, 3.05) is 13.2 Å². The van der Waals surface area contributed by atoms with Gasteiger partial charge < -0.3 is 9.84 Å². The molecule has 104 valence electrons. The fourth-order valence-electron chi connectivity index (χ4n) is 2.81. The Morgan fingerprint density at radius 3 is 2.47 bits per heavy atom. The van der Waals surface area contributed by atoms with Crippen molar-refractivity contribution >= 4 is 6.08 Å². The summed E-state index contributed by atoms with van der Waals surface area (Å²) in [6, 6.07) is 8.10. The Bertz CT molecular complexity index is 400. The predicted octanol–water partition coefficient (Wildman–Crippen LogP) is 4.04. The van der Waals surface area contributed by atoms with E-state index in [0.717, 1.165) is 11.3 Å². The van der Waals surface area contributed by atoms with Gasteiger partial charge in [0.1, 0.15) is 5.75 Å². The molecule has 0 spiro atoms. The Labute approximate surface area is 116 Å². The van der Waals surface area contributed by atoms with E-state index in [4.69, 9.17) is 4.74 Å².